The highest BCUT2D eigenvalue weighted by Gasteiger charge is 2.21. The number of hydrogen-bond acceptors (Lipinski definition) is 4. The second-order valence-electron chi connectivity index (χ2n) is 3.17. The lowest BCUT2D eigenvalue weighted by Gasteiger charge is -2.24. The van der Waals surface area contributed by atoms with E-state index in [2.05, 4.69) is 0 Å². The van der Waals surface area contributed by atoms with Crippen LogP contribution in [0.15, 0.2) is 29.8 Å². The largest absolute Gasteiger partial charge is 0.326 e. The van der Waals surface area contributed by atoms with Gasteiger partial charge in [-0.1, -0.05) is 35.5 Å². The Hall–Kier alpha value is -0.680. The van der Waals surface area contributed by atoms with Gasteiger partial charge in [0.15, 0.2) is 0 Å². The molecule has 5 heteroatoms. The van der Waals surface area contributed by atoms with Crippen LogP contribution in [0.3, 0.4) is 0 Å². The Morgan fingerprint density at radius 3 is 2.87 bits per heavy atom. The number of nitrogens with zero attached hydrogens (tertiary/aromatic N) is 1. The molecule has 1 aliphatic rings. The molecule has 1 aromatic carbocycles. The molecule has 1 heterocycles. The van der Waals surface area contributed by atoms with Gasteiger partial charge in [0.1, 0.15) is 5.50 Å². The molecule has 0 fully saturated rings. The maximum Gasteiger partial charge on any atom is 0.133 e. The number of thioether (sulfide) groups is 1. The topological polar surface area (TPSA) is 55.3 Å². The Labute approximate surface area is 98.1 Å². The molecular formula is C10H12ClN3S. The zero-order valence-electron chi connectivity index (χ0n) is 8.06. The fourth-order valence-corrected chi connectivity index (χ4v) is 2.51. The van der Waals surface area contributed by atoms with E-state index >= 15 is 0 Å². The van der Waals surface area contributed by atoms with Gasteiger partial charge in [-0.2, -0.15) is 0 Å². The van der Waals surface area contributed by atoms with E-state index in [9.17, 15) is 0 Å². The average molecular weight is 242 g/mol. The second kappa shape index (κ2) is 4.45. The van der Waals surface area contributed by atoms with E-state index in [1.54, 1.807) is 11.8 Å². The first-order chi connectivity index (χ1) is 7.24. The molecule has 0 spiro atoms. The Balaban J connectivity index is 2.45. The summed E-state index contributed by atoms with van der Waals surface area (Å²) < 4.78 is 0. The highest BCUT2D eigenvalue weighted by atomic mass is 35.5. The molecular weight excluding hydrogens is 230 g/mol. The molecule has 0 aliphatic carbocycles. The standard InChI is InChI=1S/C10H12ClN3S/c11-8-3-1-2-7(6-12)9(8)14-4-5-15-10(14)13/h1-5,10H,6,12-13H2. The predicted octanol–water partition coefficient (Wildman–Crippen LogP) is 2.07. The molecule has 3 nitrogen and oxygen atoms in total. The van der Waals surface area contributed by atoms with Gasteiger partial charge in [-0.3, -0.25) is 0 Å². The normalized spacial score (nSPS) is 19.9. The maximum atomic E-state index is 6.16. The van der Waals surface area contributed by atoms with Gasteiger partial charge in [0, 0.05) is 12.7 Å². The molecule has 0 aromatic heterocycles. The average Bonchev–Trinajstić information content (AvgIpc) is 2.64. The van der Waals surface area contributed by atoms with Crippen molar-refractivity contribution in [3.8, 4) is 0 Å². The van der Waals surface area contributed by atoms with Crippen molar-refractivity contribution in [3.05, 3.63) is 40.4 Å². The third-order valence-electron chi connectivity index (χ3n) is 2.26. The van der Waals surface area contributed by atoms with Gasteiger partial charge in [-0.15, -0.1) is 0 Å². The summed E-state index contributed by atoms with van der Waals surface area (Å²) in [6.45, 7) is 0.456. The molecule has 1 aromatic rings. The van der Waals surface area contributed by atoms with Crippen molar-refractivity contribution in [3.63, 3.8) is 0 Å². The lowest BCUT2D eigenvalue weighted by atomic mass is 10.1. The van der Waals surface area contributed by atoms with Gasteiger partial charge in [-0.25, -0.2) is 0 Å². The number of nitrogens with two attached hydrogens (primary N) is 2. The van der Waals surface area contributed by atoms with Gasteiger partial charge >= 0.3 is 0 Å². The minimum atomic E-state index is -0.116. The van der Waals surface area contributed by atoms with Gasteiger partial charge in [0.2, 0.25) is 0 Å². The predicted molar refractivity (Wildman–Crippen MR) is 66.5 cm³/mol. The third-order valence-corrected chi connectivity index (χ3v) is 3.35. The number of halogens is 1. The molecule has 1 aliphatic heterocycles. The molecule has 0 bridgehead atoms. The first kappa shape index (κ1) is 10.8. The fourth-order valence-electron chi connectivity index (χ4n) is 1.55. The number of benzene rings is 1. The van der Waals surface area contributed by atoms with Crippen LogP contribution in [0, 0.1) is 0 Å². The van der Waals surface area contributed by atoms with E-state index < -0.39 is 0 Å². The van der Waals surface area contributed by atoms with Crippen LogP contribution in [-0.4, -0.2) is 5.50 Å². The summed E-state index contributed by atoms with van der Waals surface area (Å²) in [6, 6.07) is 5.71. The van der Waals surface area contributed by atoms with Crippen molar-refractivity contribution in [1.82, 2.24) is 0 Å². The minimum Gasteiger partial charge on any atom is -0.326 e. The Kier molecular flexibility index (Phi) is 3.21. The number of para-hydroxylation sites is 1. The van der Waals surface area contributed by atoms with Crippen molar-refractivity contribution in [1.29, 1.82) is 0 Å². The lowest BCUT2D eigenvalue weighted by molar-refractivity contribution is 0.909. The van der Waals surface area contributed by atoms with Crippen LogP contribution in [-0.2, 0) is 6.54 Å². The Morgan fingerprint density at radius 1 is 1.47 bits per heavy atom. The summed E-state index contributed by atoms with van der Waals surface area (Å²) in [5, 5.41) is 2.63. The summed E-state index contributed by atoms with van der Waals surface area (Å²) in [5.41, 5.74) is 13.4. The van der Waals surface area contributed by atoms with E-state index in [-0.39, 0.29) is 5.50 Å². The third kappa shape index (κ3) is 1.99. The van der Waals surface area contributed by atoms with Crippen molar-refractivity contribution in [2.45, 2.75) is 12.0 Å². The summed E-state index contributed by atoms with van der Waals surface area (Å²) in [5.74, 6) is 0. The summed E-state index contributed by atoms with van der Waals surface area (Å²) in [7, 11) is 0. The van der Waals surface area contributed by atoms with Crippen LogP contribution in [0.2, 0.25) is 5.02 Å². The van der Waals surface area contributed by atoms with Crippen LogP contribution in [0.1, 0.15) is 5.56 Å². The van der Waals surface area contributed by atoms with Crippen molar-refractivity contribution < 1.29 is 0 Å². The lowest BCUT2D eigenvalue weighted by Crippen LogP contribution is -2.33. The van der Waals surface area contributed by atoms with Crippen LogP contribution in [0.5, 0.6) is 0 Å². The van der Waals surface area contributed by atoms with E-state index in [1.807, 2.05) is 34.7 Å². The number of hydrogen-bond donors (Lipinski definition) is 2. The van der Waals surface area contributed by atoms with Crippen LogP contribution >= 0.6 is 23.4 Å². The molecule has 1 atom stereocenters. The number of rotatable bonds is 2. The Morgan fingerprint density at radius 2 is 2.27 bits per heavy atom. The molecule has 1 unspecified atom stereocenters. The quantitative estimate of drug-likeness (QED) is 0.832. The van der Waals surface area contributed by atoms with E-state index in [0.717, 1.165) is 11.3 Å². The van der Waals surface area contributed by atoms with Gasteiger partial charge in [-0.05, 0) is 17.0 Å². The number of anilines is 1. The molecule has 15 heavy (non-hydrogen) atoms. The zero-order valence-corrected chi connectivity index (χ0v) is 9.63. The molecule has 0 saturated carbocycles. The van der Waals surface area contributed by atoms with Crippen LogP contribution in [0.4, 0.5) is 5.69 Å². The van der Waals surface area contributed by atoms with Crippen molar-refractivity contribution in [2.75, 3.05) is 4.90 Å². The highest BCUT2D eigenvalue weighted by molar-refractivity contribution is 8.03. The molecule has 4 N–H and O–H groups in total. The van der Waals surface area contributed by atoms with Crippen LogP contribution in [0.25, 0.3) is 0 Å². The monoisotopic (exact) mass is 241 g/mol. The van der Waals surface area contributed by atoms with Gasteiger partial charge in [0.05, 0.1) is 10.7 Å². The maximum absolute atomic E-state index is 6.16. The van der Waals surface area contributed by atoms with Gasteiger partial charge in [0.25, 0.3) is 0 Å². The van der Waals surface area contributed by atoms with Crippen LogP contribution < -0.4 is 16.4 Å². The summed E-state index contributed by atoms with van der Waals surface area (Å²) >= 11 is 7.71. The zero-order chi connectivity index (χ0) is 10.8. The van der Waals surface area contributed by atoms with Crippen molar-refractivity contribution >= 4 is 29.1 Å². The van der Waals surface area contributed by atoms with Gasteiger partial charge < -0.3 is 16.4 Å². The summed E-state index contributed by atoms with van der Waals surface area (Å²) in [4.78, 5) is 1.94. The second-order valence-corrected chi connectivity index (χ2v) is 4.61. The van der Waals surface area contributed by atoms with Crippen molar-refractivity contribution in [2.24, 2.45) is 11.5 Å². The molecule has 0 saturated heterocycles. The Bertz CT molecular complexity index is 394. The molecule has 2 rings (SSSR count). The smallest absolute Gasteiger partial charge is 0.133 e. The first-order valence-corrected chi connectivity index (χ1v) is 5.89. The van der Waals surface area contributed by atoms with E-state index in [0.29, 0.717) is 11.6 Å². The SMILES string of the molecule is NCc1cccc(Cl)c1N1C=CSC1N. The van der Waals surface area contributed by atoms with E-state index in [1.165, 1.54) is 0 Å². The highest BCUT2D eigenvalue weighted by Crippen LogP contribution is 2.35. The fraction of sp³-hybridized carbons (Fsp3) is 0.200. The van der Waals surface area contributed by atoms with E-state index in [4.69, 9.17) is 23.1 Å². The first-order valence-electron chi connectivity index (χ1n) is 4.57. The minimum absolute atomic E-state index is 0.116. The molecule has 80 valence electrons. The molecule has 0 radical (unpaired) electrons. The molecule has 0 amide bonds. The summed E-state index contributed by atoms with van der Waals surface area (Å²) in [6.07, 6.45) is 1.93.